The molecule has 0 aromatic rings. The van der Waals surface area contributed by atoms with Crippen molar-refractivity contribution in [3.63, 3.8) is 0 Å². The lowest BCUT2D eigenvalue weighted by molar-refractivity contribution is -0.161. The molecular weight excluding hydrogens is 1050 g/mol. The molecule has 0 rings (SSSR count). The van der Waals surface area contributed by atoms with E-state index in [9.17, 15) is 43.2 Å². The van der Waals surface area contributed by atoms with Crippen molar-refractivity contribution in [1.82, 2.24) is 0 Å². The summed E-state index contributed by atoms with van der Waals surface area (Å²) in [7, 11) is -9.86. The first-order chi connectivity index (χ1) is 38.0. The third kappa shape index (κ3) is 55.0. The Morgan fingerprint density at radius 1 is 0.342 bits per heavy atom. The number of esters is 4. The number of carbonyl (C=O) groups excluding carboxylic acids is 4. The Morgan fingerprint density at radius 2 is 0.582 bits per heavy atom. The SMILES string of the molecule is CCCCCCCCCCCCC(=O)OC[C@H](COP(=O)(O)OC[C@@H](O)COP(=O)(O)OC[C@@H](COC(=O)CCCCCCC)OC(=O)CCCCCCC)OC(=O)CCCCCCCCCCCCCCCCCCC(C)C. The topological polar surface area (TPSA) is 237 Å². The van der Waals surface area contributed by atoms with Gasteiger partial charge in [0.15, 0.2) is 12.2 Å². The quantitative estimate of drug-likeness (QED) is 0.0222. The van der Waals surface area contributed by atoms with Gasteiger partial charge in [0.2, 0.25) is 0 Å². The number of ether oxygens (including phenoxy) is 4. The molecule has 0 aliphatic heterocycles. The van der Waals surface area contributed by atoms with Gasteiger partial charge in [-0.2, -0.15) is 0 Å². The molecule has 2 unspecified atom stereocenters. The van der Waals surface area contributed by atoms with E-state index in [2.05, 4.69) is 34.6 Å². The van der Waals surface area contributed by atoms with Gasteiger partial charge in [0.1, 0.15) is 19.3 Å². The van der Waals surface area contributed by atoms with E-state index in [0.717, 1.165) is 102 Å². The minimum absolute atomic E-state index is 0.0989. The number of hydrogen-bond acceptors (Lipinski definition) is 15. The van der Waals surface area contributed by atoms with Crippen LogP contribution in [0.5, 0.6) is 0 Å². The molecule has 0 aromatic heterocycles. The Balaban J connectivity index is 5.05. The first-order valence-electron chi connectivity index (χ1n) is 31.6. The Hall–Kier alpha value is -1.94. The summed E-state index contributed by atoms with van der Waals surface area (Å²) >= 11 is 0. The van der Waals surface area contributed by atoms with Gasteiger partial charge in [-0.05, 0) is 31.6 Å². The first kappa shape index (κ1) is 77.1. The molecule has 0 bridgehead atoms. The van der Waals surface area contributed by atoms with E-state index in [1.807, 2.05) is 0 Å². The van der Waals surface area contributed by atoms with Crippen molar-refractivity contribution < 1.29 is 80.2 Å². The van der Waals surface area contributed by atoms with Crippen molar-refractivity contribution in [2.24, 2.45) is 5.92 Å². The molecule has 468 valence electrons. The largest absolute Gasteiger partial charge is 0.472 e. The van der Waals surface area contributed by atoms with Crippen LogP contribution in [0.4, 0.5) is 0 Å². The minimum Gasteiger partial charge on any atom is -0.462 e. The lowest BCUT2D eigenvalue weighted by Crippen LogP contribution is -2.30. The van der Waals surface area contributed by atoms with Gasteiger partial charge < -0.3 is 33.8 Å². The third-order valence-electron chi connectivity index (χ3n) is 13.8. The highest BCUT2D eigenvalue weighted by atomic mass is 31.2. The number of carbonyl (C=O) groups is 4. The number of aliphatic hydroxyl groups is 1. The molecule has 0 heterocycles. The number of phosphoric ester groups is 2. The van der Waals surface area contributed by atoms with Crippen molar-refractivity contribution in [2.75, 3.05) is 39.6 Å². The van der Waals surface area contributed by atoms with Gasteiger partial charge in [-0.15, -0.1) is 0 Å². The van der Waals surface area contributed by atoms with Crippen LogP contribution < -0.4 is 0 Å². The molecule has 0 saturated carbocycles. The smallest absolute Gasteiger partial charge is 0.462 e. The van der Waals surface area contributed by atoms with Gasteiger partial charge in [0, 0.05) is 25.7 Å². The van der Waals surface area contributed by atoms with Crippen LogP contribution in [0.3, 0.4) is 0 Å². The second kappa shape index (κ2) is 54.0. The maximum Gasteiger partial charge on any atom is 0.472 e. The lowest BCUT2D eigenvalue weighted by atomic mass is 10.0. The Kier molecular flexibility index (Phi) is 52.7. The fourth-order valence-electron chi connectivity index (χ4n) is 8.88. The molecule has 0 aliphatic rings. The van der Waals surface area contributed by atoms with Crippen molar-refractivity contribution >= 4 is 39.5 Å². The van der Waals surface area contributed by atoms with E-state index in [-0.39, 0.29) is 25.7 Å². The second-order valence-corrected chi connectivity index (χ2v) is 25.1. The van der Waals surface area contributed by atoms with Gasteiger partial charge in [-0.1, -0.05) is 247 Å². The lowest BCUT2D eigenvalue weighted by Gasteiger charge is -2.21. The number of phosphoric acid groups is 2. The number of rotatable bonds is 60. The molecule has 0 amide bonds. The number of unbranched alkanes of at least 4 members (excludes halogenated alkanes) is 32. The van der Waals surface area contributed by atoms with Crippen molar-refractivity contribution in [3.8, 4) is 0 Å². The van der Waals surface area contributed by atoms with Crippen LogP contribution in [0.25, 0.3) is 0 Å². The van der Waals surface area contributed by atoms with E-state index in [1.165, 1.54) is 116 Å². The summed E-state index contributed by atoms with van der Waals surface area (Å²) in [5, 5.41) is 10.5. The Morgan fingerprint density at radius 3 is 0.861 bits per heavy atom. The molecule has 3 N–H and O–H groups in total. The van der Waals surface area contributed by atoms with Crippen LogP contribution in [-0.2, 0) is 65.4 Å². The van der Waals surface area contributed by atoms with E-state index in [1.54, 1.807) is 0 Å². The van der Waals surface area contributed by atoms with Gasteiger partial charge in [-0.25, -0.2) is 9.13 Å². The van der Waals surface area contributed by atoms with E-state index >= 15 is 0 Å². The second-order valence-electron chi connectivity index (χ2n) is 22.2. The number of hydrogen-bond donors (Lipinski definition) is 3. The molecule has 17 nitrogen and oxygen atoms in total. The first-order valence-corrected chi connectivity index (χ1v) is 34.6. The number of aliphatic hydroxyl groups excluding tert-OH is 1. The van der Waals surface area contributed by atoms with Crippen molar-refractivity contribution in [1.29, 1.82) is 0 Å². The van der Waals surface area contributed by atoms with Crippen LogP contribution in [-0.4, -0.2) is 96.7 Å². The molecule has 79 heavy (non-hydrogen) atoms. The van der Waals surface area contributed by atoms with Gasteiger partial charge in [0.25, 0.3) is 0 Å². The van der Waals surface area contributed by atoms with Gasteiger partial charge in [0.05, 0.1) is 26.4 Å². The summed E-state index contributed by atoms with van der Waals surface area (Å²) in [6, 6.07) is 0. The molecule has 0 saturated heterocycles. The molecule has 0 radical (unpaired) electrons. The zero-order chi connectivity index (χ0) is 58.5. The molecule has 0 spiro atoms. The highest BCUT2D eigenvalue weighted by Crippen LogP contribution is 2.45. The van der Waals surface area contributed by atoms with Gasteiger partial charge >= 0.3 is 39.5 Å². The maximum atomic E-state index is 12.9. The van der Waals surface area contributed by atoms with E-state index in [0.29, 0.717) is 25.7 Å². The van der Waals surface area contributed by atoms with Crippen molar-refractivity contribution in [2.45, 2.75) is 316 Å². The van der Waals surface area contributed by atoms with Crippen LogP contribution >= 0.6 is 15.6 Å². The van der Waals surface area contributed by atoms with E-state index < -0.39 is 97.5 Å². The zero-order valence-corrected chi connectivity index (χ0v) is 52.3. The summed E-state index contributed by atoms with van der Waals surface area (Å²) in [5.41, 5.74) is 0. The summed E-state index contributed by atoms with van der Waals surface area (Å²) in [5.74, 6) is -1.35. The van der Waals surface area contributed by atoms with Crippen LogP contribution in [0, 0.1) is 5.92 Å². The highest BCUT2D eigenvalue weighted by molar-refractivity contribution is 7.47. The Labute approximate surface area is 479 Å². The Bertz CT molecular complexity index is 1550. The van der Waals surface area contributed by atoms with Crippen LogP contribution in [0.1, 0.15) is 298 Å². The molecular formula is C60H116O17P2. The molecule has 0 fully saturated rings. The predicted molar refractivity (Wildman–Crippen MR) is 312 cm³/mol. The molecule has 19 heteroatoms. The summed E-state index contributed by atoms with van der Waals surface area (Å²) in [6.45, 7) is 7.00. The zero-order valence-electron chi connectivity index (χ0n) is 50.5. The predicted octanol–water partition coefficient (Wildman–Crippen LogP) is 16.2. The fraction of sp³-hybridized carbons (Fsp3) is 0.933. The normalized spacial score (nSPS) is 14.3. The fourth-order valence-corrected chi connectivity index (χ4v) is 10.5. The highest BCUT2D eigenvalue weighted by Gasteiger charge is 2.30. The minimum atomic E-state index is -4.94. The van der Waals surface area contributed by atoms with Crippen LogP contribution in [0.15, 0.2) is 0 Å². The third-order valence-corrected chi connectivity index (χ3v) is 15.7. The molecule has 0 aliphatic carbocycles. The van der Waals surface area contributed by atoms with Crippen molar-refractivity contribution in [3.05, 3.63) is 0 Å². The molecule has 5 atom stereocenters. The maximum absolute atomic E-state index is 12.9. The average molecular weight is 1170 g/mol. The average Bonchev–Trinajstić information content (AvgIpc) is 3.41. The summed E-state index contributed by atoms with van der Waals surface area (Å²) in [6.07, 6.45) is 37.0. The van der Waals surface area contributed by atoms with Crippen LogP contribution in [0.2, 0.25) is 0 Å². The molecule has 0 aromatic carbocycles. The standard InChI is InChI=1S/C60H116O17P2/c1-6-9-12-15-16-17-27-30-35-39-44-58(63)71-50-56(77-60(65)46-41-36-31-28-25-23-21-19-18-20-22-24-26-29-34-37-42-53(4)5)52-75-79(68,69)73-48-54(61)47-72-78(66,67)74-51-55(76-59(64)45-40-33-14-11-8-3)49-70-57(62)43-38-32-13-10-7-2/h53-56,61H,6-52H2,1-5H3,(H,66,67)(H,68,69)/t54-,55+,56+/m0/s1. The van der Waals surface area contributed by atoms with Gasteiger partial charge in [-0.3, -0.25) is 37.3 Å². The van der Waals surface area contributed by atoms with E-state index in [4.69, 9.17) is 37.0 Å². The summed E-state index contributed by atoms with van der Waals surface area (Å²) in [4.78, 5) is 71.4. The monoisotopic (exact) mass is 1170 g/mol. The summed E-state index contributed by atoms with van der Waals surface area (Å²) < 4.78 is 67.4.